The lowest BCUT2D eigenvalue weighted by atomic mass is 9.99. The molecule has 0 bridgehead atoms. The zero-order chi connectivity index (χ0) is 13.5. The minimum Gasteiger partial charge on any atom is -0.342 e. The Morgan fingerprint density at radius 2 is 1.94 bits per heavy atom. The molecule has 2 atom stereocenters. The van der Waals surface area contributed by atoms with Crippen LogP contribution in [0.3, 0.4) is 0 Å². The number of carbonyl (C=O) groups is 1. The largest absolute Gasteiger partial charge is 0.342 e. The van der Waals surface area contributed by atoms with Crippen LogP contribution in [0.2, 0.25) is 0 Å². The molecule has 0 aromatic rings. The van der Waals surface area contributed by atoms with Gasteiger partial charge in [0.1, 0.15) is 0 Å². The summed E-state index contributed by atoms with van der Waals surface area (Å²) < 4.78 is 0. The first kappa shape index (κ1) is 15.8. The van der Waals surface area contributed by atoms with Crippen LogP contribution in [0.25, 0.3) is 0 Å². The number of piperidine rings is 1. The molecule has 3 nitrogen and oxygen atoms in total. The lowest BCUT2D eigenvalue weighted by molar-refractivity contribution is -0.136. The van der Waals surface area contributed by atoms with Crippen molar-refractivity contribution >= 4 is 17.7 Å². The monoisotopic (exact) mass is 272 g/mol. The molecule has 2 unspecified atom stereocenters. The van der Waals surface area contributed by atoms with Gasteiger partial charge in [-0.05, 0) is 38.9 Å². The third-order valence-electron chi connectivity index (χ3n) is 3.81. The van der Waals surface area contributed by atoms with Crippen LogP contribution < -0.4 is 5.73 Å². The highest BCUT2D eigenvalue weighted by atomic mass is 32.2. The average molecular weight is 272 g/mol. The molecule has 0 saturated carbocycles. The second-order valence-corrected chi connectivity index (χ2v) is 6.71. The molecule has 0 aromatic heterocycles. The number of likely N-dealkylation sites (tertiary alicyclic amines) is 1. The van der Waals surface area contributed by atoms with Crippen LogP contribution in [-0.2, 0) is 4.79 Å². The molecule has 1 amide bonds. The van der Waals surface area contributed by atoms with Crippen LogP contribution in [0.4, 0.5) is 0 Å². The van der Waals surface area contributed by atoms with E-state index in [1.165, 1.54) is 0 Å². The van der Waals surface area contributed by atoms with E-state index in [4.69, 9.17) is 5.73 Å². The van der Waals surface area contributed by atoms with Crippen LogP contribution in [0.1, 0.15) is 46.0 Å². The molecule has 0 aromatic carbocycles. The van der Waals surface area contributed by atoms with Crippen molar-refractivity contribution in [3.05, 3.63) is 0 Å². The minimum atomic E-state index is 0.162. The van der Waals surface area contributed by atoms with Crippen LogP contribution >= 0.6 is 11.8 Å². The van der Waals surface area contributed by atoms with E-state index in [2.05, 4.69) is 18.1 Å². The van der Waals surface area contributed by atoms with Gasteiger partial charge >= 0.3 is 0 Å². The Labute approximate surface area is 116 Å². The van der Waals surface area contributed by atoms with Gasteiger partial charge in [0.05, 0.1) is 0 Å². The summed E-state index contributed by atoms with van der Waals surface area (Å²) in [6, 6.07) is 0.254. The first-order valence-corrected chi connectivity index (χ1v) is 8.40. The van der Waals surface area contributed by atoms with Crippen molar-refractivity contribution in [2.75, 3.05) is 19.3 Å². The Balaban J connectivity index is 2.26. The number of nitrogens with two attached hydrogens (primary N) is 1. The van der Waals surface area contributed by atoms with Crippen molar-refractivity contribution in [1.29, 1.82) is 0 Å². The fourth-order valence-corrected chi connectivity index (χ4v) is 3.18. The predicted octanol–water partition coefficient (Wildman–Crippen LogP) is 2.49. The van der Waals surface area contributed by atoms with Crippen molar-refractivity contribution in [2.24, 2.45) is 11.7 Å². The van der Waals surface area contributed by atoms with Gasteiger partial charge in [-0.1, -0.05) is 13.3 Å². The molecule has 1 rings (SSSR count). The van der Waals surface area contributed by atoms with Crippen LogP contribution in [0.15, 0.2) is 0 Å². The van der Waals surface area contributed by atoms with E-state index in [9.17, 15) is 4.79 Å². The summed E-state index contributed by atoms with van der Waals surface area (Å²) in [5.41, 5.74) is 5.73. The number of amides is 1. The third-order valence-corrected chi connectivity index (χ3v) is 4.94. The molecule has 1 aliphatic rings. The van der Waals surface area contributed by atoms with E-state index in [1.54, 1.807) is 0 Å². The van der Waals surface area contributed by atoms with Gasteiger partial charge in [-0.25, -0.2) is 0 Å². The van der Waals surface area contributed by atoms with Crippen LogP contribution in [0.5, 0.6) is 0 Å². The molecule has 1 saturated heterocycles. The molecule has 1 fully saturated rings. The highest BCUT2D eigenvalue weighted by Crippen LogP contribution is 2.23. The summed E-state index contributed by atoms with van der Waals surface area (Å²) in [4.78, 5) is 14.3. The maximum absolute atomic E-state index is 12.3. The van der Waals surface area contributed by atoms with Crippen molar-refractivity contribution in [3.63, 3.8) is 0 Å². The topological polar surface area (TPSA) is 46.3 Å². The summed E-state index contributed by atoms with van der Waals surface area (Å²) in [6.45, 7) is 5.98. The number of carbonyl (C=O) groups excluding carboxylic acids is 1. The number of hydrogen-bond acceptors (Lipinski definition) is 3. The number of thioether (sulfide) groups is 1. The predicted molar refractivity (Wildman–Crippen MR) is 79.8 cm³/mol. The summed E-state index contributed by atoms with van der Waals surface area (Å²) >= 11 is 1.93. The normalized spacial score (nSPS) is 20.8. The Morgan fingerprint density at radius 3 is 2.44 bits per heavy atom. The molecule has 2 N–H and O–H groups in total. The molecular formula is C14H28N2OS. The van der Waals surface area contributed by atoms with Crippen molar-refractivity contribution in [1.82, 2.24) is 4.90 Å². The summed E-state index contributed by atoms with van der Waals surface area (Å²) in [7, 11) is 0. The highest BCUT2D eigenvalue weighted by molar-refractivity contribution is 7.99. The molecule has 1 heterocycles. The maximum Gasteiger partial charge on any atom is 0.225 e. The quantitative estimate of drug-likeness (QED) is 0.808. The zero-order valence-electron chi connectivity index (χ0n) is 12.0. The molecule has 18 heavy (non-hydrogen) atoms. The van der Waals surface area contributed by atoms with Gasteiger partial charge in [-0.15, -0.1) is 0 Å². The van der Waals surface area contributed by atoms with Gasteiger partial charge in [-0.2, -0.15) is 11.8 Å². The van der Waals surface area contributed by atoms with Crippen molar-refractivity contribution in [3.8, 4) is 0 Å². The molecule has 1 aliphatic heterocycles. The van der Waals surface area contributed by atoms with Crippen LogP contribution in [-0.4, -0.2) is 41.4 Å². The number of rotatable bonds is 6. The van der Waals surface area contributed by atoms with E-state index in [0.717, 1.165) is 50.4 Å². The van der Waals surface area contributed by atoms with E-state index in [1.807, 2.05) is 18.7 Å². The molecule has 0 radical (unpaired) electrons. The second kappa shape index (κ2) is 8.05. The lowest BCUT2D eigenvalue weighted by Gasteiger charge is -2.33. The molecular weight excluding hydrogens is 244 g/mol. The zero-order valence-corrected chi connectivity index (χ0v) is 12.8. The Hall–Kier alpha value is -0.220. The lowest BCUT2D eigenvalue weighted by Crippen LogP contribution is -2.41. The first-order chi connectivity index (χ1) is 8.54. The highest BCUT2D eigenvalue weighted by Gasteiger charge is 2.25. The third kappa shape index (κ3) is 5.19. The fraction of sp³-hybridized carbons (Fsp3) is 0.929. The minimum absolute atomic E-state index is 0.162. The molecule has 106 valence electrons. The molecule has 4 heteroatoms. The fourth-order valence-electron chi connectivity index (χ4n) is 2.49. The standard InChI is InChI=1S/C14H28N2OS/c1-11(5-4-6-12(2)15)14(17)16-9-7-13(18-3)8-10-16/h11-13H,4-10,15H2,1-3H3. The van der Waals surface area contributed by atoms with E-state index in [-0.39, 0.29) is 12.0 Å². The van der Waals surface area contributed by atoms with Gasteiger partial charge in [0, 0.05) is 30.3 Å². The number of hydrogen-bond donors (Lipinski definition) is 1. The second-order valence-electron chi connectivity index (χ2n) is 5.57. The summed E-state index contributed by atoms with van der Waals surface area (Å²) in [6.07, 6.45) is 7.53. The maximum atomic E-state index is 12.3. The Morgan fingerprint density at radius 1 is 1.33 bits per heavy atom. The summed E-state index contributed by atoms with van der Waals surface area (Å²) in [5.74, 6) is 0.508. The van der Waals surface area contributed by atoms with Gasteiger partial charge in [0.25, 0.3) is 0 Å². The average Bonchev–Trinajstić information content (AvgIpc) is 2.37. The first-order valence-electron chi connectivity index (χ1n) is 7.11. The van der Waals surface area contributed by atoms with Gasteiger partial charge in [0.2, 0.25) is 5.91 Å². The van der Waals surface area contributed by atoms with Gasteiger partial charge in [-0.3, -0.25) is 4.79 Å². The molecule has 0 spiro atoms. The summed E-state index contributed by atoms with van der Waals surface area (Å²) in [5, 5.41) is 0.752. The smallest absolute Gasteiger partial charge is 0.225 e. The van der Waals surface area contributed by atoms with Crippen molar-refractivity contribution in [2.45, 2.75) is 57.2 Å². The Bertz CT molecular complexity index is 250. The van der Waals surface area contributed by atoms with E-state index >= 15 is 0 Å². The Kier molecular flexibility index (Phi) is 7.08. The van der Waals surface area contributed by atoms with Gasteiger partial charge in [0.15, 0.2) is 0 Å². The molecule has 0 aliphatic carbocycles. The van der Waals surface area contributed by atoms with Crippen LogP contribution in [0, 0.1) is 5.92 Å². The van der Waals surface area contributed by atoms with E-state index in [0.29, 0.717) is 5.91 Å². The SMILES string of the molecule is CSC1CCN(C(=O)C(C)CCCC(C)N)CC1. The number of nitrogens with zero attached hydrogens (tertiary/aromatic N) is 1. The van der Waals surface area contributed by atoms with E-state index < -0.39 is 0 Å². The van der Waals surface area contributed by atoms with Gasteiger partial charge < -0.3 is 10.6 Å². The van der Waals surface area contributed by atoms with Crippen molar-refractivity contribution < 1.29 is 4.79 Å².